The van der Waals surface area contributed by atoms with Gasteiger partial charge in [-0.1, -0.05) is 6.07 Å². The average molecular weight is 230 g/mol. The third kappa shape index (κ3) is 3.03. The van der Waals surface area contributed by atoms with Crippen molar-refractivity contribution >= 4 is 5.69 Å². The third-order valence-corrected chi connectivity index (χ3v) is 2.62. The average Bonchev–Trinajstić information content (AvgIpc) is 2.27. The van der Waals surface area contributed by atoms with Gasteiger partial charge < -0.3 is 5.32 Å². The van der Waals surface area contributed by atoms with Crippen molar-refractivity contribution in [3.8, 4) is 0 Å². The molecule has 0 fully saturated rings. The topological polar surface area (TPSA) is 24.9 Å². The maximum Gasteiger partial charge on any atom is 0.125 e. The molecule has 0 aliphatic heterocycles. The van der Waals surface area contributed by atoms with E-state index in [0.29, 0.717) is 6.54 Å². The number of pyridine rings is 1. The molecule has 1 aromatic carbocycles. The molecule has 1 N–H and O–H groups in total. The molecule has 0 bridgehead atoms. The van der Waals surface area contributed by atoms with Crippen molar-refractivity contribution in [3.63, 3.8) is 0 Å². The zero-order valence-corrected chi connectivity index (χ0v) is 10.00. The Morgan fingerprint density at radius 1 is 1.24 bits per heavy atom. The van der Waals surface area contributed by atoms with Crippen LogP contribution in [-0.4, -0.2) is 4.98 Å². The summed E-state index contributed by atoms with van der Waals surface area (Å²) in [4.78, 5) is 4.28. The maximum absolute atomic E-state index is 13.2. The quantitative estimate of drug-likeness (QED) is 0.873. The van der Waals surface area contributed by atoms with E-state index in [9.17, 15) is 4.39 Å². The predicted molar refractivity (Wildman–Crippen MR) is 67.4 cm³/mol. The minimum atomic E-state index is -0.217. The Bertz CT molecular complexity index is 503. The number of aryl methyl sites for hydroxylation is 2. The second kappa shape index (κ2) is 4.95. The van der Waals surface area contributed by atoms with E-state index in [1.165, 1.54) is 12.1 Å². The van der Waals surface area contributed by atoms with E-state index < -0.39 is 0 Å². The van der Waals surface area contributed by atoms with Gasteiger partial charge in [0, 0.05) is 11.9 Å². The molecule has 2 rings (SSSR count). The minimum absolute atomic E-state index is 0.217. The molecule has 0 aliphatic carbocycles. The van der Waals surface area contributed by atoms with E-state index in [1.807, 2.05) is 32.0 Å². The fourth-order valence-corrected chi connectivity index (χ4v) is 1.73. The van der Waals surface area contributed by atoms with Crippen molar-refractivity contribution in [2.75, 3.05) is 5.32 Å². The predicted octanol–water partition coefficient (Wildman–Crippen LogP) is 3.45. The van der Waals surface area contributed by atoms with Gasteiger partial charge in [-0.3, -0.25) is 4.98 Å². The summed E-state index contributed by atoms with van der Waals surface area (Å²) in [5.41, 5.74) is 3.81. The summed E-state index contributed by atoms with van der Waals surface area (Å²) in [7, 11) is 0. The molecule has 0 aliphatic rings. The number of rotatable bonds is 3. The summed E-state index contributed by atoms with van der Waals surface area (Å²) in [6, 6.07) is 8.84. The van der Waals surface area contributed by atoms with Crippen LogP contribution < -0.4 is 5.32 Å². The number of hydrogen-bond acceptors (Lipinski definition) is 2. The van der Waals surface area contributed by atoms with Gasteiger partial charge in [0.2, 0.25) is 0 Å². The molecule has 2 aromatic rings. The van der Waals surface area contributed by atoms with Crippen LogP contribution in [0.5, 0.6) is 0 Å². The van der Waals surface area contributed by atoms with Gasteiger partial charge >= 0.3 is 0 Å². The highest BCUT2D eigenvalue weighted by atomic mass is 19.1. The largest absolute Gasteiger partial charge is 0.379 e. The number of halogens is 1. The van der Waals surface area contributed by atoms with E-state index >= 15 is 0 Å². The molecular formula is C14H15FN2. The number of nitrogens with zero attached hydrogens (tertiary/aromatic N) is 1. The Labute approximate surface area is 101 Å². The monoisotopic (exact) mass is 230 g/mol. The SMILES string of the molecule is Cc1cc(F)cc(NCc2ncccc2C)c1. The number of benzene rings is 1. The van der Waals surface area contributed by atoms with E-state index in [0.717, 1.165) is 22.5 Å². The Morgan fingerprint density at radius 2 is 2.06 bits per heavy atom. The lowest BCUT2D eigenvalue weighted by molar-refractivity contribution is 0.627. The van der Waals surface area contributed by atoms with Gasteiger partial charge in [0.15, 0.2) is 0 Å². The van der Waals surface area contributed by atoms with Crippen LogP contribution in [0.2, 0.25) is 0 Å². The Kier molecular flexibility index (Phi) is 3.38. The normalized spacial score (nSPS) is 10.3. The molecule has 0 saturated carbocycles. The second-order valence-corrected chi connectivity index (χ2v) is 4.14. The molecule has 17 heavy (non-hydrogen) atoms. The molecule has 1 aromatic heterocycles. The standard InChI is InChI=1S/C14H15FN2/c1-10-6-12(15)8-13(7-10)17-9-14-11(2)4-3-5-16-14/h3-8,17H,9H2,1-2H3. The summed E-state index contributed by atoms with van der Waals surface area (Å²) < 4.78 is 13.2. The summed E-state index contributed by atoms with van der Waals surface area (Å²) in [6.07, 6.45) is 1.76. The number of anilines is 1. The van der Waals surface area contributed by atoms with Crippen LogP contribution in [0.15, 0.2) is 36.5 Å². The summed E-state index contributed by atoms with van der Waals surface area (Å²) in [6.45, 7) is 4.50. The summed E-state index contributed by atoms with van der Waals surface area (Å²) in [5, 5.41) is 3.18. The molecular weight excluding hydrogens is 215 g/mol. The summed E-state index contributed by atoms with van der Waals surface area (Å²) >= 11 is 0. The van der Waals surface area contributed by atoms with Crippen molar-refractivity contribution in [1.82, 2.24) is 4.98 Å². The molecule has 0 saturated heterocycles. The van der Waals surface area contributed by atoms with Crippen LogP contribution in [0.25, 0.3) is 0 Å². The summed E-state index contributed by atoms with van der Waals surface area (Å²) in [5.74, 6) is -0.217. The molecule has 0 amide bonds. The van der Waals surface area contributed by atoms with E-state index in [1.54, 1.807) is 6.20 Å². The van der Waals surface area contributed by atoms with Gasteiger partial charge in [-0.25, -0.2) is 4.39 Å². The Morgan fingerprint density at radius 3 is 2.76 bits per heavy atom. The first-order valence-corrected chi connectivity index (χ1v) is 5.57. The smallest absolute Gasteiger partial charge is 0.125 e. The Hall–Kier alpha value is -1.90. The maximum atomic E-state index is 13.2. The zero-order chi connectivity index (χ0) is 12.3. The van der Waals surface area contributed by atoms with Gasteiger partial charge in [0.25, 0.3) is 0 Å². The molecule has 2 nitrogen and oxygen atoms in total. The number of nitrogens with one attached hydrogen (secondary N) is 1. The van der Waals surface area contributed by atoms with Crippen LogP contribution >= 0.6 is 0 Å². The van der Waals surface area contributed by atoms with Gasteiger partial charge in [-0.15, -0.1) is 0 Å². The molecule has 0 atom stereocenters. The van der Waals surface area contributed by atoms with E-state index in [-0.39, 0.29) is 5.82 Å². The lowest BCUT2D eigenvalue weighted by Gasteiger charge is -2.08. The number of hydrogen-bond donors (Lipinski definition) is 1. The lowest BCUT2D eigenvalue weighted by atomic mass is 10.2. The van der Waals surface area contributed by atoms with Crippen molar-refractivity contribution in [3.05, 3.63) is 59.2 Å². The molecule has 0 radical (unpaired) electrons. The van der Waals surface area contributed by atoms with Gasteiger partial charge in [-0.2, -0.15) is 0 Å². The Balaban J connectivity index is 2.10. The van der Waals surface area contributed by atoms with Crippen molar-refractivity contribution < 1.29 is 4.39 Å². The van der Waals surface area contributed by atoms with Gasteiger partial charge in [-0.05, 0) is 49.2 Å². The van der Waals surface area contributed by atoms with Crippen LogP contribution in [0.4, 0.5) is 10.1 Å². The van der Waals surface area contributed by atoms with Crippen LogP contribution in [0.1, 0.15) is 16.8 Å². The van der Waals surface area contributed by atoms with E-state index in [2.05, 4.69) is 10.3 Å². The van der Waals surface area contributed by atoms with Crippen molar-refractivity contribution in [2.45, 2.75) is 20.4 Å². The highest BCUT2D eigenvalue weighted by Gasteiger charge is 2.00. The van der Waals surface area contributed by atoms with Crippen LogP contribution in [-0.2, 0) is 6.54 Å². The fourth-order valence-electron chi connectivity index (χ4n) is 1.73. The van der Waals surface area contributed by atoms with Crippen molar-refractivity contribution in [2.24, 2.45) is 0 Å². The molecule has 1 heterocycles. The lowest BCUT2D eigenvalue weighted by Crippen LogP contribution is -2.03. The van der Waals surface area contributed by atoms with Crippen LogP contribution in [0, 0.1) is 19.7 Å². The van der Waals surface area contributed by atoms with Gasteiger partial charge in [0.1, 0.15) is 5.82 Å². The molecule has 0 unspecified atom stereocenters. The third-order valence-electron chi connectivity index (χ3n) is 2.62. The van der Waals surface area contributed by atoms with Crippen LogP contribution in [0.3, 0.4) is 0 Å². The minimum Gasteiger partial charge on any atom is -0.379 e. The van der Waals surface area contributed by atoms with Gasteiger partial charge in [0.05, 0.1) is 12.2 Å². The first-order valence-electron chi connectivity index (χ1n) is 5.57. The number of aromatic nitrogens is 1. The molecule has 88 valence electrons. The second-order valence-electron chi connectivity index (χ2n) is 4.14. The molecule has 3 heteroatoms. The highest BCUT2D eigenvalue weighted by Crippen LogP contribution is 2.14. The van der Waals surface area contributed by atoms with E-state index in [4.69, 9.17) is 0 Å². The zero-order valence-electron chi connectivity index (χ0n) is 10.00. The first kappa shape index (κ1) is 11.6. The highest BCUT2D eigenvalue weighted by molar-refractivity contribution is 5.46. The first-order chi connectivity index (χ1) is 8.15. The molecule has 0 spiro atoms. The van der Waals surface area contributed by atoms with Crippen molar-refractivity contribution in [1.29, 1.82) is 0 Å². The fraction of sp³-hybridized carbons (Fsp3) is 0.214.